The molecular weight excluding hydrogens is 543 g/mol. The highest BCUT2D eigenvalue weighted by Crippen LogP contribution is 2.35. The monoisotopic (exact) mass is 604 g/mol. The van der Waals surface area contributed by atoms with Gasteiger partial charge in [-0.3, -0.25) is 14.1 Å². The number of allylic oxidation sites excluding steroid dienone is 2. The Kier molecular flexibility index (Phi) is 28.0. The zero-order valence-corrected chi connectivity index (χ0v) is 27.1. The topological polar surface area (TPSA) is 119 Å². The maximum atomic E-state index is 12.2. The number of unbranched alkanes of at least 4 members (excludes halogenated alkanes) is 18. The van der Waals surface area contributed by atoms with E-state index >= 15 is 0 Å². The molecule has 0 rings (SSSR count). The summed E-state index contributed by atoms with van der Waals surface area (Å²) < 4.78 is 26.1. The molecule has 0 aliphatic rings. The van der Waals surface area contributed by atoms with Crippen molar-refractivity contribution in [3.05, 3.63) is 12.2 Å². The highest BCUT2D eigenvalue weighted by Gasteiger charge is 2.22. The predicted molar refractivity (Wildman–Crippen MR) is 166 cm³/mol. The lowest BCUT2D eigenvalue weighted by molar-refractivity contribution is -0.161. The zero-order chi connectivity index (χ0) is 30.4. The van der Waals surface area contributed by atoms with Crippen molar-refractivity contribution in [2.45, 2.75) is 168 Å². The summed E-state index contributed by atoms with van der Waals surface area (Å²) in [5.74, 6) is -0.912. The van der Waals surface area contributed by atoms with Crippen molar-refractivity contribution in [3.63, 3.8) is 0 Å². The van der Waals surface area contributed by atoms with Gasteiger partial charge in [0.15, 0.2) is 6.10 Å². The quantitative estimate of drug-likeness (QED) is 0.0360. The van der Waals surface area contributed by atoms with Crippen LogP contribution in [-0.4, -0.2) is 41.0 Å². The van der Waals surface area contributed by atoms with Crippen molar-refractivity contribution in [2.75, 3.05) is 13.2 Å². The van der Waals surface area contributed by atoms with Gasteiger partial charge in [0.25, 0.3) is 0 Å². The number of rotatable bonds is 30. The molecule has 1 atom stereocenters. The first-order valence-corrected chi connectivity index (χ1v) is 18.0. The van der Waals surface area contributed by atoms with Crippen LogP contribution in [0.15, 0.2) is 12.2 Å². The van der Waals surface area contributed by atoms with Gasteiger partial charge in [0, 0.05) is 12.8 Å². The van der Waals surface area contributed by atoms with Gasteiger partial charge in [0.2, 0.25) is 0 Å². The third kappa shape index (κ3) is 31.6. The van der Waals surface area contributed by atoms with Crippen molar-refractivity contribution in [2.24, 2.45) is 0 Å². The van der Waals surface area contributed by atoms with Gasteiger partial charge in [0.1, 0.15) is 6.61 Å². The van der Waals surface area contributed by atoms with Crippen molar-refractivity contribution in [1.82, 2.24) is 0 Å². The summed E-state index contributed by atoms with van der Waals surface area (Å²) in [6, 6.07) is 0. The summed E-state index contributed by atoms with van der Waals surface area (Å²) in [7, 11) is -4.74. The summed E-state index contributed by atoms with van der Waals surface area (Å²) in [5, 5.41) is 0. The molecule has 0 aromatic carbocycles. The van der Waals surface area contributed by atoms with Crippen LogP contribution in [0.25, 0.3) is 0 Å². The molecule has 0 aliphatic heterocycles. The van der Waals surface area contributed by atoms with Gasteiger partial charge in [-0.1, -0.05) is 122 Å². The Bertz CT molecular complexity index is 691. The van der Waals surface area contributed by atoms with Crippen LogP contribution in [0, 0.1) is 0 Å². The average molecular weight is 605 g/mol. The van der Waals surface area contributed by atoms with E-state index < -0.39 is 32.5 Å². The summed E-state index contributed by atoms with van der Waals surface area (Å²) >= 11 is 0. The fourth-order valence-electron chi connectivity index (χ4n) is 4.54. The first kappa shape index (κ1) is 39.8. The Morgan fingerprint density at radius 2 is 1.02 bits per heavy atom. The molecule has 242 valence electrons. The molecule has 0 spiro atoms. The fraction of sp³-hybridized carbons (Fsp3) is 0.875. The summed E-state index contributed by atoms with van der Waals surface area (Å²) in [6.07, 6.45) is 28.1. The zero-order valence-electron chi connectivity index (χ0n) is 26.2. The molecule has 8 nitrogen and oxygen atoms in total. The van der Waals surface area contributed by atoms with Crippen molar-refractivity contribution in [3.8, 4) is 0 Å². The SMILES string of the molecule is CCCCCCCCCCC/C=C/CCCCC(=O)OC[C@H](COP(=O)(O)O)OC(=O)CCCCCCCCCC. The molecule has 0 saturated carbocycles. The van der Waals surface area contributed by atoms with Crippen molar-refractivity contribution in [1.29, 1.82) is 0 Å². The van der Waals surface area contributed by atoms with Crippen LogP contribution < -0.4 is 0 Å². The van der Waals surface area contributed by atoms with E-state index in [0.29, 0.717) is 12.8 Å². The van der Waals surface area contributed by atoms with Crippen LogP contribution >= 0.6 is 7.82 Å². The molecule has 0 radical (unpaired) electrons. The van der Waals surface area contributed by atoms with Crippen LogP contribution in [0.1, 0.15) is 162 Å². The molecule has 0 fully saturated rings. The van der Waals surface area contributed by atoms with Crippen LogP contribution in [-0.2, 0) is 28.2 Å². The van der Waals surface area contributed by atoms with Gasteiger partial charge >= 0.3 is 19.8 Å². The van der Waals surface area contributed by atoms with E-state index in [1.165, 1.54) is 83.5 Å². The Hall–Kier alpha value is -1.21. The van der Waals surface area contributed by atoms with Gasteiger partial charge in [0.05, 0.1) is 6.61 Å². The number of hydrogen-bond acceptors (Lipinski definition) is 6. The highest BCUT2D eigenvalue weighted by molar-refractivity contribution is 7.46. The van der Waals surface area contributed by atoms with Crippen LogP contribution in [0.5, 0.6) is 0 Å². The second kappa shape index (κ2) is 28.9. The molecule has 0 aromatic heterocycles. The minimum atomic E-state index is -4.74. The molecule has 9 heteroatoms. The van der Waals surface area contributed by atoms with Crippen LogP contribution in [0.2, 0.25) is 0 Å². The molecule has 0 aliphatic carbocycles. The van der Waals surface area contributed by atoms with E-state index in [2.05, 4.69) is 30.5 Å². The molecule has 0 aromatic rings. The lowest BCUT2D eigenvalue weighted by Gasteiger charge is -2.18. The van der Waals surface area contributed by atoms with Gasteiger partial charge in [-0.25, -0.2) is 4.57 Å². The standard InChI is InChI=1S/C32H61O8P/c1-3-5-7-9-11-13-14-15-16-17-18-19-21-22-24-26-31(33)38-28-30(29-39-41(35,36)37)40-32(34)27-25-23-20-12-10-8-6-4-2/h18-19,30H,3-17,20-29H2,1-2H3,(H2,35,36,37)/b19-18+/t30-/m1/s1. The number of carbonyl (C=O) groups is 2. The number of hydrogen-bond donors (Lipinski definition) is 2. The summed E-state index contributed by atoms with van der Waals surface area (Å²) in [5.41, 5.74) is 0. The fourth-order valence-corrected chi connectivity index (χ4v) is 4.90. The number of carbonyl (C=O) groups excluding carboxylic acids is 2. The van der Waals surface area contributed by atoms with Gasteiger partial charge in [-0.05, 0) is 38.5 Å². The number of ether oxygens (including phenoxy) is 2. The summed E-state index contributed by atoms with van der Waals surface area (Å²) in [4.78, 5) is 42.3. The first-order valence-electron chi connectivity index (χ1n) is 16.5. The molecule has 0 bridgehead atoms. The Morgan fingerprint density at radius 1 is 0.610 bits per heavy atom. The normalized spacial score (nSPS) is 12.6. The molecule has 0 amide bonds. The van der Waals surface area contributed by atoms with E-state index in [4.69, 9.17) is 19.3 Å². The second-order valence-corrected chi connectivity index (χ2v) is 12.4. The number of phosphoric acid groups is 1. The predicted octanol–water partition coefficient (Wildman–Crippen LogP) is 9.12. The van der Waals surface area contributed by atoms with Crippen molar-refractivity contribution < 1.29 is 37.9 Å². The largest absolute Gasteiger partial charge is 0.469 e. The average Bonchev–Trinajstić information content (AvgIpc) is 2.93. The number of phosphoric ester groups is 1. The molecule has 41 heavy (non-hydrogen) atoms. The molecule has 0 heterocycles. The summed E-state index contributed by atoms with van der Waals surface area (Å²) in [6.45, 7) is 3.60. The minimum Gasteiger partial charge on any atom is -0.462 e. The van der Waals surface area contributed by atoms with Crippen LogP contribution in [0.4, 0.5) is 0 Å². The van der Waals surface area contributed by atoms with Crippen molar-refractivity contribution >= 4 is 19.8 Å². The maximum Gasteiger partial charge on any atom is 0.469 e. The van der Waals surface area contributed by atoms with E-state index in [-0.39, 0.29) is 19.4 Å². The maximum absolute atomic E-state index is 12.2. The first-order chi connectivity index (χ1) is 19.8. The minimum absolute atomic E-state index is 0.210. The van der Waals surface area contributed by atoms with E-state index in [0.717, 1.165) is 38.5 Å². The van der Waals surface area contributed by atoms with Gasteiger partial charge in [-0.2, -0.15) is 0 Å². The smallest absolute Gasteiger partial charge is 0.462 e. The number of esters is 2. The van der Waals surface area contributed by atoms with Gasteiger partial charge in [-0.15, -0.1) is 0 Å². The van der Waals surface area contributed by atoms with Crippen LogP contribution in [0.3, 0.4) is 0 Å². The van der Waals surface area contributed by atoms with E-state index in [1.807, 2.05) is 0 Å². The Morgan fingerprint density at radius 3 is 1.54 bits per heavy atom. The van der Waals surface area contributed by atoms with E-state index in [9.17, 15) is 14.2 Å². The second-order valence-electron chi connectivity index (χ2n) is 11.1. The Labute approximate surface area is 250 Å². The molecule has 2 N–H and O–H groups in total. The molecule has 0 saturated heterocycles. The molecule has 0 unspecified atom stereocenters. The highest BCUT2D eigenvalue weighted by atomic mass is 31.2. The van der Waals surface area contributed by atoms with Gasteiger partial charge < -0.3 is 19.3 Å². The molecular formula is C32H61O8P. The third-order valence-corrected chi connectivity index (χ3v) is 7.52. The Balaban J connectivity index is 4.00. The lowest BCUT2D eigenvalue weighted by Crippen LogP contribution is -2.29. The lowest BCUT2D eigenvalue weighted by atomic mass is 10.1. The van der Waals surface area contributed by atoms with E-state index in [1.54, 1.807) is 0 Å². The third-order valence-electron chi connectivity index (χ3n) is 7.03.